The number of anilines is 1. The van der Waals surface area contributed by atoms with Gasteiger partial charge in [0.05, 0.1) is 5.75 Å². The molecule has 9 heteroatoms. The third-order valence-electron chi connectivity index (χ3n) is 4.39. The van der Waals surface area contributed by atoms with Gasteiger partial charge in [0, 0.05) is 23.6 Å². The number of amides is 1. The van der Waals surface area contributed by atoms with Crippen LogP contribution in [0.1, 0.15) is 29.3 Å². The van der Waals surface area contributed by atoms with Crippen molar-refractivity contribution in [3.05, 3.63) is 64.3 Å². The number of aromatic nitrogens is 3. The number of halogens is 1. The number of oxazole rings is 1. The number of thioether (sulfide) groups is 1. The van der Waals surface area contributed by atoms with E-state index in [1.807, 2.05) is 32.0 Å². The maximum Gasteiger partial charge on any atom is 0.257 e. The molecule has 1 amide bonds. The molecule has 0 spiro atoms. The number of rotatable bonds is 7. The van der Waals surface area contributed by atoms with Crippen LogP contribution in [0.15, 0.2) is 50.6 Å². The van der Waals surface area contributed by atoms with E-state index in [1.54, 1.807) is 18.2 Å². The van der Waals surface area contributed by atoms with Crippen LogP contribution in [0.3, 0.4) is 0 Å². The molecular formula is C21H19ClN4O3S. The van der Waals surface area contributed by atoms with Gasteiger partial charge in [-0.1, -0.05) is 34.6 Å². The summed E-state index contributed by atoms with van der Waals surface area (Å²) in [7, 11) is 0. The molecule has 2 heterocycles. The molecule has 0 radical (unpaired) electrons. The van der Waals surface area contributed by atoms with Crippen LogP contribution in [0.4, 0.5) is 5.69 Å². The molecule has 0 aliphatic carbocycles. The van der Waals surface area contributed by atoms with E-state index < -0.39 is 0 Å². The van der Waals surface area contributed by atoms with Crippen molar-refractivity contribution in [1.29, 1.82) is 0 Å². The molecular weight excluding hydrogens is 424 g/mol. The normalized spacial score (nSPS) is 11.2. The molecule has 4 aromatic rings. The van der Waals surface area contributed by atoms with Gasteiger partial charge in [0.25, 0.3) is 5.22 Å². The summed E-state index contributed by atoms with van der Waals surface area (Å²) < 4.78 is 11.0. The zero-order valence-electron chi connectivity index (χ0n) is 16.4. The number of carbonyl (C=O) groups excluding carboxylic acids is 1. The summed E-state index contributed by atoms with van der Waals surface area (Å²) in [5, 5.41) is 8.02. The summed E-state index contributed by atoms with van der Waals surface area (Å²) in [5.74, 6) is 1.28. The quantitative estimate of drug-likeness (QED) is 0.386. The maximum atomic E-state index is 12.2. The topological polar surface area (TPSA) is 94.0 Å². The van der Waals surface area contributed by atoms with Crippen LogP contribution in [0.5, 0.6) is 0 Å². The van der Waals surface area contributed by atoms with Crippen LogP contribution in [0, 0.1) is 13.8 Å². The number of hydrogen-bond acceptors (Lipinski definition) is 7. The predicted octanol–water partition coefficient (Wildman–Crippen LogP) is 5.34. The fraction of sp³-hybridized carbons (Fsp3) is 0.238. The Morgan fingerprint density at radius 3 is 2.87 bits per heavy atom. The fourth-order valence-corrected chi connectivity index (χ4v) is 3.76. The van der Waals surface area contributed by atoms with Crippen molar-refractivity contribution in [2.45, 2.75) is 37.7 Å². The number of nitrogens with zero attached hydrogens (tertiary/aromatic N) is 3. The van der Waals surface area contributed by atoms with Gasteiger partial charge >= 0.3 is 0 Å². The standard InChI is InChI=1S/C21H19ClN4O3S/c1-12-3-6-17-16(9-12)24-21(28-17)30-11-18-25-20(29-26-18)8-7-19(27)23-15-5-4-14(22)10-13(15)2/h3-6,9-10H,7-8,11H2,1-2H3,(H,23,27). The van der Waals surface area contributed by atoms with Crippen LogP contribution < -0.4 is 5.32 Å². The lowest BCUT2D eigenvalue weighted by atomic mass is 10.2. The first-order valence-electron chi connectivity index (χ1n) is 9.34. The highest BCUT2D eigenvalue weighted by molar-refractivity contribution is 7.98. The third-order valence-corrected chi connectivity index (χ3v) is 5.45. The Morgan fingerprint density at radius 1 is 1.17 bits per heavy atom. The SMILES string of the molecule is Cc1ccc2oc(SCc3noc(CCC(=O)Nc4ccc(Cl)cc4C)n3)nc2c1. The number of carbonyl (C=O) groups is 1. The van der Waals surface area contributed by atoms with E-state index in [4.69, 9.17) is 20.5 Å². The lowest BCUT2D eigenvalue weighted by molar-refractivity contribution is -0.116. The van der Waals surface area contributed by atoms with Gasteiger partial charge in [-0.2, -0.15) is 4.98 Å². The van der Waals surface area contributed by atoms with E-state index in [9.17, 15) is 4.79 Å². The van der Waals surface area contributed by atoms with E-state index in [2.05, 4.69) is 20.4 Å². The van der Waals surface area contributed by atoms with Gasteiger partial charge in [-0.25, -0.2) is 4.98 Å². The minimum atomic E-state index is -0.128. The highest BCUT2D eigenvalue weighted by Gasteiger charge is 2.13. The molecule has 7 nitrogen and oxygen atoms in total. The molecule has 154 valence electrons. The maximum absolute atomic E-state index is 12.2. The van der Waals surface area contributed by atoms with Crippen molar-refractivity contribution in [1.82, 2.24) is 15.1 Å². The average Bonchev–Trinajstić information content (AvgIpc) is 3.33. The van der Waals surface area contributed by atoms with Crippen molar-refractivity contribution in [2.24, 2.45) is 0 Å². The second-order valence-corrected chi connectivity index (χ2v) is 8.21. The van der Waals surface area contributed by atoms with E-state index >= 15 is 0 Å². The number of hydrogen-bond donors (Lipinski definition) is 1. The Bertz CT molecular complexity index is 1200. The minimum absolute atomic E-state index is 0.128. The highest BCUT2D eigenvalue weighted by Crippen LogP contribution is 2.26. The Hall–Kier alpha value is -2.84. The number of benzene rings is 2. The smallest absolute Gasteiger partial charge is 0.257 e. The Kier molecular flexibility index (Phi) is 6.06. The predicted molar refractivity (Wildman–Crippen MR) is 116 cm³/mol. The highest BCUT2D eigenvalue weighted by atomic mass is 35.5. The molecule has 0 unspecified atom stereocenters. The van der Waals surface area contributed by atoms with Gasteiger partial charge in [-0.05, 0) is 55.3 Å². The molecule has 1 N–H and O–H groups in total. The largest absolute Gasteiger partial charge is 0.431 e. The summed E-state index contributed by atoms with van der Waals surface area (Å²) in [5.41, 5.74) is 4.35. The number of fused-ring (bicyclic) bond motifs is 1. The zero-order valence-corrected chi connectivity index (χ0v) is 18.0. The zero-order chi connectivity index (χ0) is 21.1. The first-order valence-corrected chi connectivity index (χ1v) is 10.7. The molecule has 0 aliphatic rings. The van der Waals surface area contributed by atoms with Gasteiger partial charge in [0.1, 0.15) is 5.52 Å². The van der Waals surface area contributed by atoms with Gasteiger partial charge in [-0.15, -0.1) is 0 Å². The summed E-state index contributed by atoms with van der Waals surface area (Å²) in [4.78, 5) is 21.0. The minimum Gasteiger partial charge on any atom is -0.431 e. The van der Waals surface area contributed by atoms with Gasteiger partial charge in [-0.3, -0.25) is 4.79 Å². The Morgan fingerprint density at radius 2 is 2.03 bits per heavy atom. The van der Waals surface area contributed by atoms with Gasteiger partial charge in [0.2, 0.25) is 11.8 Å². The molecule has 2 aromatic heterocycles. The summed E-state index contributed by atoms with van der Waals surface area (Å²) in [6.45, 7) is 3.90. The van der Waals surface area contributed by atoms with Crippen molar-refractivity contribution in [3.8, 4) is 0 Å². The second kappa shape index (κ2) is 8.89. The third kappa shape index (κ3) is 5.01. The van der Waals surface area contributed by atoms with Crippen LogP contribution in [0.2, 0.25) is 5.02 Å². The van der Waals surface area contributed by atoms with Crippen molar-refractivity contribution >= 4 is 46.1 Å². The summed E-state index contributed by atoms with van der Waals surface area (Å²) >= 11 is 7.33. The molecule has 0 saturated heterocycles. The van der Waals surface area contributed by atoms with Gasteiger partial charge in [0.15, 0.2) is 11.4 Å². The molecule has 0 aliphatic heterocycles. The van der Waals surface area contributed by atoms with E-state index in [0.29, 0.717) is 34.1 Å². The van der Waals surface area contributed by atoms with Crippen LogP contribution in [-0.2, 0) is 17.0 Å². The first-order chi connectivity index (χ1) is 14.5. The molecule has 30 heavy (non-hydrogen) atoms. The molecule has 0 saturated carbocycles. The number of aryl methyl sites for hydroxylation is 3. The summed E-state index contributed by atoms with van der Waals surface area (Å²) in [6.07, 6.45) is 0.597. The monoisotopic (exact) mass is 442 g/mol. The Balaban J connectivity index is 1.28. The molecule has 0 bridgehead atoms. The molecule has 0 atom stereocenters. The first kappa shape index (κ1) is 20.4. The van der Waals surface area contributed by atoms with Crippen molar-refractivity contribution < 1.29 is 13.7 Å². The van der Waals surface area contributed by atoms with E-state index in [1.165, 1.54) is 11.8 Å². The van der Waals surface area contributed by atoms with Crippen molar-refractivity contribution in [2.75, 3.05) is 5.32 Å². The van der Waals surface area contributed by atoms with Crippen LogP contribution in [0.25, 0.3) is 11.1 Å². The van der Waals surface area contributed by atoms with E-state index in [-0.39, 0.29) is 12.3 Å². The number of nitrogens with one attached hydrogen (secondary N) is 1. The fourth-order valence-electron chi connectivity index (χ4n) is 2.86. The summed E-state index contributed by atoms with van der Waals surface area (Å²) in [6, 6.07) is 11.2. The van der Waals surface area contributed by atoms with Crippen LogP contribution >= 0.6 is 23.4 Å². The Labute approximate surface area is 182 Å². The van der Waals surface area contributed by atoms with Gasteiger partial charge < -0.3 is 14.3 Å². The molecule has 2 aromatic carbocycles. The lowest BCUT2D eigenvalue weighted by Crippen LogP contribution is -2.13. The average molecular weight is 443 g/mol. The van der Waals surface area contributed by atoms with Crippen LogP contribution in [-0.4, -0.2) is 21.0 Å². The van der Waals surface area contributed by atoms with E-state index in [0.717, 1.165) is 27.9 Å². The molecule has 0 fully saturated rings. The lowest BCUT2D eigenvalue weighted by Gasteiger charge is -2.07. The van der Waals surface area contributed by atoms with Crippen molar-refractivity contribution in [3.63, 3.8) is 0 Å². The second-order valence-electron chi connectivity index (χ2n) is 6.85. The molecule has 4 rings (SSSR count).